The van der Waals surface area contributed by atoms with E-state index in [1.54, 1.807) is 0 Å². The van der Waals surface area contributed by atoms with E-state index < -0.39 is 38.1 Å². The van der Waals surface area contributed by atoms with Crippen LogP contribution in [-0.4, -0.2) is 42.5 Å². The molecule has 3 nitrogen and oxygen atoms in total. The van der Waals surface area contributed by atoms with Gasteiger partial charge in [-0.25, -0.2) is 0 Å². The maximum Gasteiger partial charge on any atom is 0.469 e. The molecule has 0 rings (SSSR count). The second-order valence-electron chi connectivity index (χ2n) is 5.75. The van der Waals surface area contributed by atoms with Crippen LogP contribution < -0.4 is 0 Å². The maximum atomic E-state index is 6.45. The highest BCUT2D eigenvalue weighted by Gasteiger charge is 2.39. The predicted octanol–water partition coefficient (Wildman–Crippen LogP) is 2.82. The molecule has 0 aromatic heterocycles. The van der Waals surface area contributed by atoms with Crippen LogP contribution in [-0.2, 0) is 12.3 Å². The minimum atomic E-state index is -2.50. The summed E-state index contributed by atoms with van der Waals surface area (Å²) in [5.74, 6) is 0. The molecule has 134 valence electrons. The molecule has 0 amide bonds. The van der Waals surface area contributed by atoms with Crippen LogP contribution in [0.5, 0.6) is 0 Å². The zero-order valence-corrected chi connectivity index (χ0v) is 23.0. The van der Waals surface area contributed by atoms with Crippen LogP contribution >= 0.6 is 22.6 Å². The Kier molecular flexibility index (Phi) is 14.4. The van der Waals surface area contributed by atoms with Gasteiger partial charge in [0.2, 0.25) is 0 Å². The summed E-state index contributed by atoms with van der Waals surface area (Å²) < 4.78 is 20.5. The fourth-order valence-corrected chi connectivity index (χ4v) is 14.1. The van der Waals surface area contributed by atoms with Crippen LogP contribution in [0.3, 0.4) is 0 Å². The summed E-state index contributed by atoms with van der Waals surface area (Å²) in [6.45, 7) is 12.7. The van der Waals surface area contributed by atoms with Gasteiger partial charge >= 0.3 is 8.80 Å². The van der Waals surface area contributed by atoms with Crippen molar-refractivity contribution in [1.29, 1.82) is 0 Å². The van der Waals surface area contributed by atoms with Gasteiger partial charge in [0.1, 0.15) is 0 Å². The summed E-state index contributed by atoms with van der Waals surface area (Å²) in [5.41, 5.74) is 0. The van der Waals surface area contributed by atoms with E-state index in [9.17, 15) is 0 Å². The molecule has 0 atom stereocenters. The van der Waals surface area contributed by atoms with Gasteiger partial charge < -0.3 is 12.3 Å². The van der Waals surface area contributed by atoms with Crippen LogP contribution in [0.15, 0.2) is 33.8 Å². The number of rotatable bonds is 12. The molecular formula is C15H33IO3Si4. The minimum absolute atomic E-state index is 0.723. The van der Waals surface area contributed by atoms with Crippen LogP contribution in [0.25, 0.3) is 0 Å². The molecule has 23 heavy (non-hydrogen) atoms. The van der Waals surface area contributed by atoms with Crippen molar-refractivity contribution in [1.82, 2.24) is 0 Å². The Morgan fingerprint density at radius 3 is 1.43 bits per heavy atom. The van der Waals surface area contributed by atoms with Gasteiger partial charge in [-0.3, -0.25) is 0 Å². The summed E-state index contributed by atoms with van der Waals surface area (Å²) >= 11 is 2.43. The molecular weight excluding hydrogens is 467 g/mol. The van der Waals surface area contributed by atoms with Crippen molar-refractivity contribution >= 4 is 60.7 Å². The zero-order valence-electron chi connectivity index (χ0n) is 15.6. The molecule has 0 unspecified atom stereocenters. The third kappa shape index (κ3) is 11.0. The Balaban J connectivity index is 5.14. The molecule has 0 N–H and O–H groups in total. The molecule has 0 aromatic carbocycles. The van der Waals surface area contributed by atoms with E-state index in [4.69, 9.17) is 12.3 Å². The van der Waals surface area contributed by atoms with E-state index in [0.29, 0.717) is 0 Å². The summed E-state index contributed by atoms with van der Waals surface area (Å²) in [5, 5.41) is 4.12. The van der Waals surface area contributed by atoms with Crippen LogP contribution in [0, 0.1) is 0 Å². The smallest absolute Gasteiger partial charge is 0.418 e. The molecule has 0 saturated heterocycles. The van der Waals surface area contributed by atoms with E-state index in [0.717, 1.165) is 16.9 Å². The van der Waals surface area contributed by atoms with Gasteiger partial charge in [0.25, 0.3) is 0 Å². The Hall–Kier alpha value is 0.698. The lowest BCUT2D eigenvalue weighted by atomic mass is 10.6. The van der Waals surface area contributed by atoms with Crippen molar-refractivity contribution in [3.05, 3.63) is 33.8 Å². The zero-order chi connectivity index (χ0) is 17.7. The summed E-state index contributed by atoms with van der Waals surface area (Å²) in [6.07, 6.45) is 7.59. The predicted molar refractivity (Wildman–Crippen MR) is 121 cm³/mol. The SMILES string of the molecule is CC=C(C)[SiH2]O[Si](CCCI)(O[SiH2]C(C)=CC)O[SiH2]C(C)=CC. The lowest BCUT2D eigenvalue weighted by molar-refractivity contribution is 0.282. The molecule has 0 aromatic rings. The van der Waals surface area contributed by atoms with Gasteiger partial charge in [-0.1, -0.05) is 56.4 Å². The second kappa shape index (κ2) is 13.9. The third-order valence-corrected chi connectivity index (χ3v) is 15.0. The first kappa shape index (κ1) is 23.7. The largest absolute Gasteiger partial charge is 0.469 e. The first-order chi connectivity index (χ1) is 10.9. The molecule has 0 radical (unpaired) electrons. The summed E-state index contributed by atoms with van der Waals surface area (Å²) in [4.78, 5) is 0. The van der Waals surface area contributed by atoms with Crippen molar-refractivity contribution < 1.29 is 12.3 Å². The van der Waals surface area contributed by atoms with Gasteiger partial charge in [0.05, 0.1) is 0 Å². The van der Waals surface area contributed by atoms with Crippen molar-refractivity contribution in [3.8, 4) is 0 Å². The van der Waals surface area contributed by atoms with Gasteiger partial charge in [-0.05, 0) is 52.4 Å². The Morgan fingerprint density at radius 2 is 1.17 bits per heavy atom. The van der Waals surface area contributed by atoms with E-state index in [1.807, 2.05) is 0 Å². The average molecular weight is 501 g/mol. The molecule has 8 heteroatoms. The molecule has 0 bridgehead atoms. The van der Waals surface area contributed by atoms with Crippen LogP contribution in [0.2, 0.25) is 6.04 Å². The maximum absolute atomic E-state index is 6.45. The van der Waals surface area contributed by atoms with Crippen molar-refractivity contribution in [3.63, 3.8) is 0 Å². The fraction of sp³-hybridized carbons (Fsp3) is 0.600. The molecule has 0 saturated carbocycles. The number of hydrogen-bond acceptors (Lipinski definition) is 3. The second-order valence-corrected chi connectivity index (χ2v) is 16.4. The summed E-state index contributed by atoms with van der Waals surface area (Å²) in [6, 6.07) is 0.966. The van der Waals surface area contributed by atoms with Gasteiger partial charge in [-0.15, -0.1) is 0 Å². The highest BCUT2D eigenvalue weighted by Crippen LogP contribution is 2.20. The minimum Gasteiger partial charge on any atom is -0.418 e. The van der Waals surface area contributed by atoms with Crippen LogP contribution in [0.4, 0.5) is 0 Å². The Morgan fingerprint density at radius 1 is 0.826 bits per heavy atom. The van der Waals surface area contributed by atoms with Crippen molar-refractivity contribution in [2.24, 2.45) is 0 Å². The number of hydrogen-bond donors (Lipinski definition) is 0. The molecule has 0 aliphatic heterocycles. The van der Waals surface area contributed by atoms with E-state index >= 15 is 0 Å². The lowest BCUT2D eigenvalue weighted by Crippen LogP contribution is -2.49. The number of alkyl halides is 1. The van der Waals surface area contributed by atoms with Gasteiger partial charge in [-0.2, -0.15) is 0 Å². The molecule has 0 aliphatic carbocycles. The van der Waals surface area contributed by atoms with E-state index in [2.05, 4.69) is 82.4 Å². The topological polar surface area (TPSA) is 27.7 Å². The molecule has 0 spiro atoms. The summed E-state index contributed by atoms with van der Waals surface area (Å²) in [7, 11) is -4.66. The first-order valence-electron chi connectivity index (χ1n) is 8.26. The van der Waals surface area contributed by atoms with Crippen molar-refractivity contribution in [2.75, 3.05) is 4.43 Å². The Bertz CT molecular complexity index is 370. The quantitative estimate of drug-likeness (QED) is 0.234. The number of halogens is 1. The van der Waals surface area contributed by atoms with Crippen LogP contribution in [0.1, 0.15) is 48.0 Å². The number of allylic oxidation sites excluding steroid dienone is 6. The highest BCUT2D eigenvalue weighted by molar-refractivity contribution is 14.1. The molecule has 0 aliphatic rings. The lowest BCUT2D eigenvalue weighted by Gasteiger charge is -2.31. The van der Waals surface area contributed by atoms with E-state index in [1.165, 1.54) is 15.6 Å². The average Bonchev–Trinajstić information content (AvgIpc) is 2.59. The standard InChI is InChI=1S/C15H33IO3Si4/c1-7-13(4)20-17-23(12-10-11-16,18-21-14(5)8-2)19-22-15(6)9-3/h7-9H,10-12,20-22H2,1-6H3. The van der Waals surface area contributed by atoms with Crippen molar-refractivity contribution in [2.45, 2.75) is 54.0 Å². The van der Waals surface area contributed by atoms with Gasteiger partial charge in [0.15, 0.2) is 29.3 Å². The molecule has 0 fully saturated rings. The third-order valence-electron chi connectivity index (χ3n) is 3.65. The van der Waals surface area contributed by atoms with E-state index in [-0.39, 0.29) is 0 Å². The fourth-order valence-electron chi connectivity index (χ4n) is 1.55. The first-order valence-corrected chi connectivity index (χ1v) is 15.6. The molecule has 0 heterocycles. The highest BCUT2D eigenvalue weighted by atomic mass is 127. The normalized spacial score (nSPS) is 18.1. The monoisotopic (exact) mass is 500 g/mol. The Labute approximate surface area is 164 Å². The van der Waals surface area contributed by atoms with Gasteiger partial charge in [0, 0.05) is 6.04 Å².